The lowest BCUT2D eigenvalue weighted by Gasteiger charge is -2.14. The smallest absolute Gasteiger partial charge is 0.382 e. The number of aliphatic hydroxyl groups excluding tert-OH is 1. The topological polar surface area (TPSA) is 49.3 Å². The largest absolute Gasteiger partial charge is 0.416 e. The zero-order valence-electron chi connectivity index (χ0n) is 11.8. The molecule has 118 valence electrons. The number of rotatable bonds is 6. The number of aryl methyl sites for hydroxylation is 2. The lowest BCUT2D eigenvalue weighted by Crippen LogP contribution is -2.40. The molecular weight excluding hydrogens is 303 g/mol. The van der Waals surface area contributed by atoms with E-state index >= 15 is 0 Å². The van der Waals surface area contributed by atoms with Crippen LogP contribution in [0.5, 0.6) is 0 Å². The minimum absolute atomic E-state index is 0.0994. The normalized spacial score (nSPS) is 13.0. The summed E-state index contributed by atoms with van der Waals surface area (Å²) in [6.07, 6.45) is -7.13. The molecule has 0 spiro atoms. The van der Waals surface area contributed by atoms with E-state index in [4.69, 9.17) is 5.11 Å². The predicted octanol–water partition coefficient (Wildman–Crippen LogP) is 2.83. The van der Waals surface area contributed by atoms with Crippen LogP contribution in [0.3, 0.4) is 0 Å². The lowest BCUT2D eigenvalue weighted by molar-refractivity contribution is -0.201. The van der Waals surface area contributed by atoms with Crippen molar-refractivity contribution < 1.29 is 23.1 Å². The maximum Gasteiger partial charge on any atom is 0.416 e. The minimum atomic E-state index is -4.71. The molecule has 3 nitrogen and oxygen atoms in total. The second kappa shape index (κ2) is 7.70. The van der Waals surface area contributed by atoms with Gasteiger partial charge in [0.1, 0.15) is 0 Å². The summed E-state index contributed by atoms with van der Waals surface area (Å²) >= 11 is 1.47. The molecule has 0 saturated heterocycles. The van der Waals surface area contributed by atoms with Crippen LogP contribution < -0.4 is 5.32 Å². The first-order valence-electron chi connectivity index (χ1n) is 6.41. The summed E-state index contributed by atoms with van der Waals surface area (Å²) in [7, 11) is 0. The molecule has 1 aromatic carbocycles. The Morgan fingerprint density at radius 1 is 1.33 bits per heavy atom. The van der Waals surface area contributed by atoms with Crippen LogP contribution >= 0.6 is 11.8 Å². The Morgan fingerprint density at radius 2 is 2.00 bits per heavy atom. The Bertz CT molecular complexity index is 492. The van der Waals surface area contributed by atoms with Crippen LogP contribution in [-0.4, -0.2) is 35.6 Å². The molecule has 0 fully saturated rings. The summed E-state index contributed by atoms with van der Waals surface area (Å²) in [6.45, 7) is 3.18. The third-order valence-corrected chi connectivity index (χ3v) is 3.94. The molecule has 1 amide bonds. The van der Waals surface area contributed by atoms with Crippen LogP contribution in [0, 0.1) is 13.8 Å². The van der Waals surface area contributed by atoms with Crippen molar-refractivity contribution >= 4 is 17.7 Å². The molecule has 0 aliphatic heterocycles. The molecule has 0 aliphatic rings. The van der Waals surface area contributed by atoms with E-state index in [1.54, 1.807) is 0 Å². The molecule has 0 heterocycles. The van der Waals surface area contributed by atoms with Gasteiger partial charge in [-0.1, -0.05) is 6.07 Å². The molecule has 0 saturated carbocycles. The van der Waals surface area contributed by atoms with Gasteiger partial charge < -0.3 is 10.4 Å². The van der Waals surface area contributed by atoms with Gasteiger partial charge in [-0.15, -0.1) is 11.8 Å². The van der Waals surface area contributed by atoms with Crippen LogP contribution in [0.25, 0.3) is 0 Å². The Hall–Kier alpha value is -1.21. The molecule has 1 atom stereocenters. The van der Waals surface area contributed by atoms with Crippen molar-refractivity contribution in [3.05, 3.63) is 29.3 Å². The van der Waals surface area contributed by atoms with Crippen LogP contribution in [0.15, 0.2) is 23.1 Å². The van der Waals surface area contributed by atoms with Crippen molar-refractivity contribution in [3.63, 3.8) is 0 Å². The van der Waals surface area contributed by atoms with Gasteiger partial charge in [0.25, 0.3) is 0 Å². The number of amides is 1. The van der Waals surface area contributed by atoms with Gasteiger partial charge in [-0.25, -0.2) is 0 Å². The van der Waals surface area contributed by atoms with E-state index < -0.39 is 24.7 Å². The number of hydrogen-bond acceptors (Lipinski definition) is 3. The Labute approximate surface area is 125 Å². The highest BCUT2D eigenvalue weighted by Gasteiger charge is 2.38. The predicted molar refractivity (Wildman–Crippen MR) is 76.3 cm³/mol. The summed E-state index contributed by atoms with van der Waals surface area (Å²) in [5.41, 5.74) is 2.33. The fourth-order valence-corrected chi connectivity index (χ4v) is 2.43. The summed E-state index contributed by atoms with van der Waals surface area (Å²) < 4.78 is 36.1. The molecule has 7 heteroatoms. The van der Waals surface area contributed by atoms with E-state index in [2.05, 4.69) is 5.32 Å². The van der Waals surface area contributed by atoms with Gasteiger partial charge in [0.05, 0.1) is 6.54 Å². The fraction of sp³-hybridized carbons (Fsp3) is 0.500. The number of alkyl halides is 3. The Balaban J connectivity index is 2.29. The van der Waals surface area contributed by atoms with Crippen LogP contribution in [0.1, 0.15) is 17.5 Å². The molecule has 1 unspecified atom stereocenters. The van der Waals surface area contributed by atoms with E-state index in [1.807, 2.05) is 32.0 Å². The quantitative estimate of drug-likeness (QED) is 0.792. The van der Waals surface area contributed by atoms with E-state index in [0.29, 0.717) is 5.75 Å². The number of halogens is 3. The first-order chi connectivity index (χ1) is 9.70. The fourth-order valence-electron chi connectivity index (χ4n) is 1.48. The molecule has 2 N–H and O–H groups in total. The number of benzene rings is 1. The summed E-state index contributed by atoms with van der Waals surface area (Å²) in [5.74, 6) is -0.0363. The zero-order chi connectivity index (χ0) is 16.0. The van der Waals surface area contributed by atoms with Gasteiger partial charge in [0.2, 0.25) is 5.91 Å². The number of carbonyl (C=O) groups excluding carboxylic acids is 1. The molecule has 0 radical (unpaired) electrons. The van der Waals surface area contributed by atoms with Crippen LogP contribution in [0.4, 0.5) is 13.2 Å². The lowest BCUT2D eigenvalue weighted by atomic mass is 10.1. The van der Waals surface area contributed by atoms with E-state index in [-0.39, 0.29) is 6.42 Å². The number of thioether (sulfide) groups is 1. The molecule has 0 aromatic heterocycles. The summed E-state index contributed by atoms with van der Waals surface area (Å²) in [4.78, 5) is 12.4. The standard InChI is InChI=1S/C14H18F3NO2S/c1-9-3-4-11(7-10(9)2)21-6-5-13(20)18-8-12(19)14(15,16)17/h3-4,7,12,19H,5-6,8H2,1-2H3,(H,18,20). The Morgan fingerprint density at radius 3 is 2.57 bits per heavy atom. The van der Waals surface area contributed by atoms with Gasteiger partial charge in [0.15, 0.2) is 6.10 Å². The molecular formula is C14H18F3NO2S. The van der Waals surface area contributed by atoms with Crippen LogP contribution in [-0.2, 0) is 4.79 Å². The molecule has 21 heavy (non-hydrogen) atoms. The number of carbonyl (C=O) groups is 1. The molecule has 1 rings (SSSR count). The van der Waals surface area contributed by atoms with Crippen molar-refractivity contribution in [2.45, 2.75) is 37.4 Å². The first kappa shape index (κ1) is 17.8. The van der Waals surface area contributed by atoms with Crippen molar-refractivity contribution in [2.24, 2.45) is 0 Å². The first-order valence-corrected chi connectivity index (χ1v) is 7.40. The monoisotopic (exact) mass is 321 g/mol. The number of hydrogen-bond donors (Lipinski definition) is 2. The van der Waals surface area contributed by atoms with E-state index in [0.717, 1.165) is 10.5 Å². The Kier molecular flexibility index (Phi) is 6.54. The van der Waals surface area contributed by atoms with Gasteiger partial charge >= 0.3 is 6.18 Å². The van der Waals surface area contributed by atoms with Gasteiger partial charge in [-0.3, -0.25) is 4.79 Å². The maximum absolute atomic E-state index is 12.0. The third kappa shape index (κ3) is 6.39. The molecule has 0 aliphatic carbocycles. The van der Waals surface area contributed by atoms with Crippen molar-refractivity contribution in [1.82, 2.24) is 5.32 Å². The van der Waals surface area contributed by atoms with Crippen molar-refractivity contribution in [2.75, 3.05) is 12.3 Å². The zero-order valence-corrected chi connectivity index (χ0v) is 12.6. The van der Waals surface area contributed by atoms with E-state index in [9.17, 15) is 18.0 Å². The maximum atomic E-state index is 12.0. The molecule has 0 bridgehead atoms. The minimum Gasteiger partial charge on any atom is -0.382 e. The number of aliphatic hydroxyl groups is 1. The van der Waals surface area contributed by atoms with Gasteiger partial charge in [-0.05, 0) is 37.1 Å². The van der Waals surface area contributed by atoms with Crippen LogP contribution in [0.2, 0.25) is 0 Å². The van der Waals surface area contributed by atoms with Gasteiger partial charge in [0, 0.05) is 17.1 Å². The second-order valence-corrected chi connectivity index (χ2v) is 5.87. The summed E-state index contributed by atoms with van der Waals surface area (Å²) in [6, 6.07) is 5.93. The van der Waals surface area contributed by atoms with Crippen molar-refractivity contribution in [3.8, 4) is 0 Å². The van der Waals surface area contributed by atoms with Gasteiger partial charge in [-0.2, -0.15) is 13.2 Å². The van der Waals surface area contributed by atoms with Crippen molar-refractivity contribution in [1.29, 1.82) is 0 Å². The highest BCUT2D eigenvalue weighted by Crippen LogP contribution is 2.22. The average Bonchev–Trinajstić information content (AvgIpc) is 2.39. The average molecular weight is 321 g/mol. The highest BCUT2D eigenvalue weighted by atomic mass is 32.2. The second-order valence-electron chi connectivity index (χ2n) is 4.71. The third-order valence-electron chi connectivity index (χ3n) is 2.95. The summed E-state index contributed by atoms with van der Waals surface area (Å²) in [5, 5.41) is 10.8. The molecule has 1 aromatic rings. The highest BCUT2D eigenvalue weighted by molar-refractivity contribution is 7.99. The number of nitrogens with one attached hydrogen (secondary N) is 1. The van der Waals surface area contributed by atoms with E-state index in [1.165, 1.54) is 17.3 Å². The SMILES string of the molecule is Cc1ccc(SCCC(=O)NCC(O)C(F)(F)F)cc1C.